The molecule has 0 aliphatic carbocycles. The van der Waals surface area contributed by atoms with Gasteiger partial charge in [-0.2, -0.15) is 0 Å². The number of fused-ring (bicyclic) bond motifs is 2. The summed E-state index contributed by atoms with van der Waals surface area (Å²) in [6, 6.07) is 1.34. The van der Waals surface area contributed by atoms with Gasteiger partial charge in [-0.1, -0.05) is 133 Å². The molecule has 8 aromatic rings. The molecule has 0 N–H and O–H groups in total. The Kier molecular flexibility index (Phi) is 2.87. The Bertz CT molecular complexity index is 3010. The van der Waals surface area contributed by atoms with Crippen LogP contribution in [-0.4, -0.2) is 9.13 Å². The molecule has 43 heavy (non-hydrogen) atoms. The zero-order valence-electron chi connectivity index (χ0n) is 42.2. The van der Waals surface area contributed by atoms with Crippen LogP contribution in [0.3, 0.4) is 0 Å². The van der Waals surface area contributed by atoms with E-state index in [1.54, 1.807) is 60.7 Å². The first kappa shape index (κ1) is 11.9. The van der Waals surface area contributed by atoms with Crippen molar-refractivity contribution in [1.82, 2.24) is 9.13 Å². The molecule has 6 aromatic carbocycles. The molecule has 2 heteroatoms. The summed E-state index contributed by atoms with van der Waals surface area (Å²) in [5.74, 6) is 0. The van der Waals surface area contributed by atoms with Crippen molar-refractivity contribution in [3.8, 4) is 11.4 Å². The number of benzene rings is 6. The van der Waals surface area contributed by atoms with Gasteiger partial charge in [0.05, 0.1) is 43.9 Å². The zero-order valence-corrected chi connectivity index (χ0v) is 22.2. The summed E-state index contributed by atoms with van der Waals surface area (Å²) in [5, 5.41) is -0.844. The molecular formula is C41H30N2. The Morgan fingerprint density at radius 3 is 1.21 bits per heavy atom. The molecule has 8 rings (SSSR count). The van der Waals surface area contributed by atoms with E-state index in [0.717, 1.165) is 9.13 Å². The molecule has 0 unspecified atom stereocenters. The van der Waals surface area contributed by atoms with E-state index in [4.69, 9.17) is 19.2 Å². The Morgan fingerprint density at radius 2 is 0.791 bits per heavy atom. The minimum Gasteiger partial charge on any atom is -0.316 e. The first-order chi connectivity index (χ1) is 29.7. The second-order valence-corrected chi connectivity index (χ2v) is 9.52. The number of nitrogens with zero attached hydrogens (tertiary/aromatic N) is 2. The van der Waals surface area contributed by atoms with Gasteiger partial charge in [0, 0.05) is 34.5 Å². The highest BCUT2D eigenvalue weighted by atomic mass is 15.0. The molecular weight excluding hydrogens is 520 g/mol. The summed E-state index contributed by atoms with van der Waals surface area (Å²) in [6.45, 7) is 0. The molecule has 0 amide bonds. The molecule has 0 atom stereocenters. The summed E-state index contributed by atoms with van der Waals surface area (Å²) in [4.78, 5) is 0. The van der Waals surface area contributed by atoms with Crippen LogP contribution in [0.4, 0.5) is 0 Å². The lowest BCUT2D eigenvalue weighted by molar-refractivity contribution is 0.754. The molecule has 0 saturated heterocycles. The van der Waals surface area contributed by atoms with Gasteiger partial charge >= 0.3 is 0 Å². The third-order valence-electron chi connectivity index (χ3n) is 7.31. The highest BCUT2D eigenvalue weighted by molar-refractivity contribution is 5.94. The molecule has 2 nitrogen and oxygen atoms in total. The van der Waals surface area contributed by atoms with E-state index < -0.39 is 160 Å². The smallest absolute Gasteiger partial charge is 0.0826 e. The van der Waals surface area contributed by atoms with Gasteiger partial charge in [0.1, 0.15) is 0 Å². The van der Waals surface area contributed by atoms with Crippen LogP contribution >= 0.6 is 0 Å². The maximum Gasteiger partial charge on any atom is 0.0826 e. The lowest BCUT2D eigenvalue weighted by Crippen LogP contribution is -2.30. The largest absolute Gasteiger partial charge is 0.316 e. The molecule has 0 spiro atoms. The van der Waals surface area contributed by atoms with Crippen molar-refractivity contribution in [2.75, 3.05) is 0 Å². The van der Waals surface area contributed by atoms with Gasteiger partial charge in [-0.15, -0.1) is 0 Å². The lowest BCUT2D eigenvalue weighted by Gasteiger charge is -2.36. The summed E-state index contributed by atoms with van der Waals surface area (Å²) in [6.07, 6.45) is -1.54. The van der Waals surface area contributed by atoms with E-state index in [-0.39, 0.29) is 22.3 Å². The Balaban J connectivity index is 1.78. The second kappa shape index (κ2) is 10.3. The minimum atomic E-state index is -2.32. The van der Waals surface area contributed by atoms with Crippen molar-refractivity contribution in [2.24, 2.45) is 0 Å². The number of hydrogen-bond donors (Lipinski definition) is 0. The van der Waals surface area contributed by atoms with Crippen LogP contribution in [-0.2, 0) is 5.41 Å². The summed E-state index contributed by atoms with van der Waals surface area (Å²) in [7, 11) is 0. The molecule has 2 heterocycles. The van der Waals surface area contributed by atoms with Gasteiger partial charge in [-0.25, -0.2) is 0 Å². The van der Waals surface area contributed by atoms with Crippen LogP contribution in [0.5, 0.6) is 0 Å². The van der Waals surface area contributed by atoms with E-state index in [1.807, 2.05) is 0 Å². The summed E-state index contributed by atoms with van der Waals surface area (Å²) < 4.78 is 181. The maximum absolute atomic E-state index is 10.2. The van der Waals surface area contributed by atoms with Gasteiger partial charge in [0.15, 0.2) is 0 Å². The SMILES string of the molecule is [2H]c1c([2H])c([2H])c(-n2c([2H])c(C(c3ccccc3)(c3ccccc3)c3c([2H])n(-c4c([2H])c([2H])c([2H])c([2H])c4[2H])c4c([2H])c([2H])c([2H])c([2H])c34)c3c([2H])c([2H])c([2H])c([2H])c32)c([2H])c1[2H]. The first-order valence-electron chi connectivity index (χ1n) is 23.2. The van der Waals surface area contributed by atoms with Crippen molar-refractivity contribution in [2.45, 2.75) is 5.41 Å². The zero-order chi connectivity index (χ0) is 46.0. The van der Waals surface area contributed by atoms with Crippen LogP contribution in [0.25, 0.3) is 33.2 Å². The fourth-order valence-corrected chi connectivity index (χ4v) is 5.59. The minimum absolute atomic E-state index is 0.137. The highest BCUT2D eigenvalue weighted by Gasteiger charge is 2.42. The highest BCUT2D eigenvalue weighted by Crippen LogP contribution is 2.51. The van der Waals surface area contributed by atoms with E-state index >= 15 is 0 Å². The Morgan fingerprint density at radius 1 is 0.419 bits per heavy atom. The van der Waals surface area contributed by atoms with Crippen LogP contribution in [0, 0.1) is 0 Å². The van der Waals surface area contributed by atoms with Crippen LogP contribution in [0.15, 0.2) is 182 Å². The topological polar surface area (TPSA) is 9.86 Å². The van der Waals surface area contributed by atoms with Crippen LogP contribution in [0.1, 0.15) is 49.7 Å². The fraction of sp³-hybridized carbons (Fsp3) is 0.0244. The quantitative estimate of drug-likeness (QED) is 0.188. The van der Waals surface area contributed by atoms with E-state index in [0.29, 0.717) is 0 Å². The van der Waals surface area contributed by atoms with Crippen LogP contribution < -0.4 is 0 Å². The molecule has 0 fully saturated rings. The van der Waals surface area contributed by atoms with Gasteiger partial charge in [-0.3, -0.25) is 0 Å². The van der Waals surface area contributed by atoms with Crippen molar-refractivity contribution in [3.63, 3.8) is 0 Å². The van der Waals surface area contributed by atoms with Gasteiger partial charge in [-0.05, 0) is 58.5 Å². The molecule has 0 radical (unpaired) electrons. The third-order valence-corrected chi connectivity index (χ3v) is 7.31. The monoisotopic (exact) mass is 570 g/mol. The predicted octanol–water partition coefficient (Wildman–Crippen LogP) is 9.96. The molecule has 204 valence electrons. The second-order valence-electron chi connectivity index (χ2n) is 9.52. The molecule has 0 aliphatic rings. The third kappa shape index (κ3) is 3.95. The van der Waals surface area contributed by atoms with E-state index in [1.165, 1.54) is 0 Å². The number of aromatic nitrogens is 2. The standard InChI is InChI=1S/C41H30N2/c1-5-17-31(18-6-1)41(32-19-7-2-8-20-32,37-29-42(33-21-9-3-10-22-33)39-27-15-13-25-35(37)39)38-30-43(34-23-11-4-12-24-34)40-28-16-14-26-36(38)40/h1-30H/i3D,4D,9D,10D,11D,12D,13D,14D,15D,16D,21D,22D,23D,24D,25D,26D,27D,28D,29D,30D. The van der Waals surface area contributed by atoms with Crippen molar-refractivity contribution in [1.29, 1.82) is 0 Å². The number of para-hydroxylation sites is 4. The molecule has 0 aliphatic heterocycles. The lowest BCUT2D eigenvalue weighted by atomic mass is 9.65. The molecule has 2 aromatic heterocycles. The molecule has 0 saturated carbocycles. The number of rotatable bonds is 6. The van der Waals surface area contributed by atoms with Gasteiger partial charge < -0.3 is 9.13 Å². The number of hydrogen-bond acceptors (Lipinski definition) is 0. The first-order valence-corrected chi connectivity index (χ1v) is 13.2. The van der Waals surface area contributed by atoms with Crippen molar-refractivity contribution < 1.29 is 27.4 Å². The fourth-order valence-electron chi connectivity index (χ4n) is 5.59. The van der Waals surface area contributed by atoms with E-state index in [9.17, 15) is 8.22 Å². The van der Waals surface area contributed by atoms with Crippen LogP contribution in [0.2, 0.25) is 0 Å². The van der Waals surface area contributed by atoms with Crippen molar-refractivity contribution >= 4 is 21.8 Å². The average Bonchev–Trinajstić information content (AvgIpc) is 3.75. The molecule has 0 bridgehead atoms. The average molecular weight is 571 g/mol. The Hall–Kier alpha value is -5.60. The maximum atomic E-state index is 10.2. The summed E-state index contributed by atoms with van der Waals surface area (Å²) in [5.41, 5.74) is -5.12. The van der Waals surface area contributed by atoms with Gasteiger partial charge in [0.2, 0.25) is 0 Å². The normalized spacial score (nSPS) is 18.2. The van der Waals surface area contributed by atoms with Crippen molar-refractivity contribution in [3.05, 3.63) is 204 Å². The summed E-state index contributed by atoms with van der Waals surface area (Å²) >= 11 is 0. The van der Waals surface area contributed by atoms with E-state index in [2.05, 4.69) is 0 Å². The Labute approximate surface area is 279 Å². The predicted molar refractivity (Wildman–Crippen MR) is 178 cm³/mol. The van der Waals surface area contributed by atoms with Gasteiger partial charge in [0.25, 0.3) is 0 Å².